The van der Waals surface area contributed by atoms with Gasteiger partial charge >= 0.3 is 6.09 Å². The van der Waals surface area contributed by atoms with Crippen molar-refractivity contribution in [1.82, 2.24) is 20.4 Å². The molecule has 0 aliphatic carbocycles. The van der Waals surface area contributed by atoms with Gasteiger partial charge in [0.15, 0.2) is 29.0 Å². The van der Waals surface area contributed by atoms with Crippen molar-refractivity contribution in [2.45, 2.75) is 102 Å². The fourth-order valence-corrected chi connectivity index (χ4v) is 8.59. The van der Waals surface area contributed by atoms with Gasteiger partial charge in [-0.25, -0.2) is 4.79 Å². The zero-order valence-electron chi connectivity index (χ0n) is 31.9. The first kappa shape index (κ1) is 41.5. The van der Waals surface area contributed by atoms with E-state index in [1.54, 1.807) is 27.7 Å². The summed E-state index contributed by atoms with van der Waals surface area (Å²) in [5.74, 6) is 0.773. The SMILES string of the molecule is COc1c(C)cc2c(c1O)[C@@H]1C3Cc4c(O)c(C)c5c(c4[C@H](CNC(=O)[C@H](CCCN=C(N)N)NC(=O)OC(C)(C)C)N3[C@@H](C#N)[C@H](C2)N1C)OCO5.[Ac]. The molecular formula is C37H50AcN8O8. The number of guanidine groups is 1. The number of nitriles is 1. The van der Waals surface area contributed by atoms with Gasteiger partial charge in [-0.15, -0.1) is 0 Å². The Bertz CT molecular complexity index is 1870. The third-order valence-corrected chi connectivity index (χ3v) is 10.7. The van der Waals surface area contributed by atoms with E-state index in [0.29, 0.717) is 58.8 Å². The van der Waals surface area contributed by atoms with Crippen molar-refractivity contribution in [2.75, 3.05) is 34.0 Å². The first-order valence-electron chi connectivity index (χ1n) is 17.8. The van der Waals surface area contributed by atoms with Crippen molar-refractivity contribution >= 4 is 18.0 Å². The number of carbonyl (C=O) groups excluding carboxylic acids is 2. The monoisotopic (exact) mass is 961 g/mol. The van der Waals surface area contributed by atoms with E-state index in [0.717, 1.165) is 11.1 Å². The number of phenols is 2. The van der Waals surface area contributed by atoms with Crippen LogP contribution in [0.4, 0.5) is 4.79 Å². The number of aliphatic imine (C=N–C) groups is 1. The Morgan fingerprint density at radius 3 is 2.48 bits per heavy atom. The molecule has 1 fully saturated rings. The minimum Gasteiger partial charge on any atom is -0.507 e. The minimum atomic E-state index is -1.01. The number of benzene rings is 2. The third kappa shape index (κ3) is 7.59. The Balaban J connectivity index is 0.00000561. The van der Waals surface area contributed by atoms with Crippen LogP contribution in [0.2, 0.25) is 0 Å². The van der Waals surface area contributed by atoms with Gasteiger partial charge in [0.1, 0.15) is 23.4 Å². The number of rotatable bonds is 9. The summed E-state index contributed by atoms with van der Waals surface area (Å²) in [6.45, 7) is 9.00. The first-order chi connectivity index (χ1) is 25.1. The molecule has 4 heterocycles. The van der Waals surface area contributed by atoms with Crippen molar-refractivity contribution in [3.05, 3.63) is 39.4 Å². The van der Waals surface area contributed by atoms with E-state index in [1.165, 1.54) is 7.11 Å². The number of piperazine rings is 1. The van der Waals surface area contributed by atoms with E-state index in [2.05, 4.69) is 31.5 Å². The summed E-state index contributed by atoms with van der Waals surface area (Å²) in [4.78, 5) is 35.1. The molecule has 2 amide bonds. The van der Waals surface area contributed by atoms with Gasteiger partial charge in [-0.1, -0.05) is 6.07 Å². The van der Waals surface area contributed by atoms with Gasteiger partial charge in [-0.05, 0) is 78.5 Å². The van der Waals surface area contributed by atoms with E-state index in [4.69, 9.17) is 30.4 Å². The molecule has 4 aliphatic heterocycles. The maximum atomic E-state index is 14.0. The summed E-state index contributed by atoms with van der Waals surface area (Å²) >= 11 is 0. The predicted molar refractivity (Wildman–Crippen MR) is 194 cm³/mol. The second-order valence-corrected chi connectivity index (χ2v) is 15.2. The third-order valence-electron chi connectivity index (χ3n) is 10.7. The van der Waals surface area contributed by atoms with Crippen LogP contribution in [-0.4, -0.2) is 102 Å². The largest absolute Gasteiger partial charge is 0.507 e. The smallest absolute Gasteiger partial charge is 0.408 e. The number of alkyl carbamates (subject to hydrolysis) is 1. The van der Waals surface area contributed by atoms with Crippen LogP contribution in [0.1, 0.15) is 79.1 Å². The van der Waals surface area contributed by atoms with Gasteiger partial charge in [0.05, 0.1) is 25.3 Å². The second kappa shape index (κ2) is 16.2. The van der Waals surface area contributed by atoms with Crippen LogP contribution in [0, 0.1) is 69.2 Å². The quantitative estimate of drug-likeness (QED) is 0.121. The molecule has 1 radical (unpaired) electrons. The van der Waals surface area contributed by atoms with Crippen LogP contribution in [0.25, 0.3) is 0 Å². The first-order valence-corrected chi connectivity index (χ1v) is 17.8. The van der Waals surface area contributed by atoms with Crippen molar-refractivity contribution in [3.8, 4) is 34.8 Å². The summed E-state index contributed by atoms with van der Waals surface area (Å²) in [5, 5.41) is 40.1. The zero-order chi connectivity index (χ0) is 38.5. The molecular weight excluding hydrogens is 911 g/mol. The molecule has 0 saturated carbocycles. The van der Waals surface area contributed by atoms with Crippen LogP contribution in [-0.2, 0) is 22.4 Å². The number of hydrogen-bond acceptors (Lipinski definition) is 12. The number of ether oxygens (including phenoxy) is 4. The minimum absolute atomic E-state index is 0. The fraction of sp³-hybridized carbons (Fsp3) is 0.568. The van der Waals surface area contributed by atoms with Crippen molar-refractivity contribution < 1.29 is 82.8 Å². The van der Waals surface area contributed by atoms with Gasteiger partial charge in [0.25, 0.3) is 0 Å². The molecule has 1 saturated heterocycles. The summed E-state index contributed by atoms with van der Waals surface area (Å²) in [6.07, 6.45) is 0.631. The van der Waals surface area contributed by atoms with E-state index < -0.39 is 47.8 Å². The molecule has 6 atom stereocenters. The number of nitrogens with zero attached hydrogens (tertiary/aromatic N) is 4. The van der Waals surface area contributed by atoms with Gasteiger partial charge in [0.2, 0.25) is 12.7 Å². The maximum Gasteiger partial charge on any atom is 0.408 e. The number of hydrogen-bond donors (Lipinski definition) is 6. The van der Waals surface area contributed by atoms with Gasteiger partial charge in [-0.3, -0.25) is 19.6 Å². The number of methoxy groups -OCH3 is 1. The molecule has 2 bridgehead atoms. The molecule has 0 aromatic heterocycles. The Hall–Kier alpha value is -3.70. The summed E-state index contributed by atoms with van der Waals surface area (Å²) in [5.41, 5.74) is 14.4. The van der Waals surface area contributed by atoms with Crippen molar-refractivity contribution in [3.63, 3.8) is 0 Å². The molecule has 2 aromatic carbocycles. The molecule has 16 nitrogen and oxygen atoms in total. The number of fused-ring (bicyclic) bond motifs is 9. The topological polar surface area (TPSA) is 230 Å². The van der Waals surface area contributed by atoms with Gasteiger partial charge < -0.3 is 51.3 Å². The Morgan fingerprint density at radius 2 is 1.83 bits per heavy atom. The number of amides is 2. The number of nitrogens with two attached hydrogens (primary N) is 2. The molecule has 289 valence electrons. The average molecular weight is 962 g/mol. The van der Waals surface area contributed by atoms with Crippen LogP contribution in [0.5, 0.6) is 28.7 Å². The second-order valence-electron chi connectivity index (χ2n) is 15.2. The van der Waals surface area contributed by atoms with E-state index in [1.807, 2.05) is 20.0 Å². The van der Waals surface area contributed by atoms with Gasteiger partial charge in [0, 0.05) is 91.5 Å². The summed E-state index contributed by atoms with van der Waals surface area (Å²) in [7, 11) is 3.48. The summed E-state index contributed by atoms with van der Waals surface area (Å²) in [6, 6.07) is 1.12. The maximum absolute atomic E-state index is 14.0. The number of nitrogens with one attached hydrogen (secondary N) is 2. The molecule has 2 aromatic rings. The Kier molecular flexibility index (Phi) is 12.4. The number of aryl methyl sites for hydroxylation is 1. The van der Waals surface area contributed by atoms with E-state index in [-0.39, 0.29) is 93.9 Å². The standard InChI is InChI=1S/C37H50N8O8.Ac/c1-17-11-19-12-22-24(14-38)45-23(28(44(22)6)26(19)30(47)31(17)50-7)13-20-27(33-32(51-16-52-33)18(2)29(20)46)25(45)15-42-34(48)21(9-8-10-41-35(39)40)43-36(49)53-37(3,4)5;/h11,21-25,28,46-47H,8-10,12-13,15-16H2,1-7H3,(H,42,48)(H,43,49)(H4,39,40,41);/t21-,22-,23?,24-,25-,28-;/m0./s1. The van der Waals surface area contributed by atoms with Crippen molar-refractivity contribution in [1.29, 1.82) is 5.26 Å². The van der Waals surface area contributed by atoms with Crippen LogP contribution in [0.3, 0.4) is 0 Å². The number of aromatic hydroxyl groups is 2. The number of phenolic OH excluding ortho intramolecular Hbond substituents is 2. The van der Waals surface area contributed by atoms with Crippen LogP contribution < -0.4 is 36.3 Å². The molecule has 54 heavy (non-hydrogen) atoms. The summed E-state index contributed by atoms with van der Waals surface area (Å²) < 4.78 is 23.0. The number of likely N-dealkylation sites (N-methyl/N-ethyl adjacent to an activating group) is 1. The molecule has 0 spiro atoms. The predicted octanol–water partition coefficient (Wildman–Crippen LogP) is 2.29. The van der Waals surface area contributed by atoms with E-state index in [9.17, 15) is 25.1 Å². The Labute approximate surface area is 351 Å². The average Bonchev–Trinajstić information content (AvgIpc) is 3.57. The molecule has 17 heteroatoms. The molecule has 1 unspecified atom stereocenters. The molecule has 8 N–H and O–H groups in total. The fourth-order valence-electron chi connectivity index (χ4n) is 8.59. The molecule has 6 rings (SSSR count). The Morgan fingerprint density at radius 1 is 1.13 bits per heavy atom. The van der Waals surface area contributed by atoms with Crippen LogP contribution in [0.15, 0.2) is 11.1 Å². The molecule has 4 aliphatic rings. The van der Waals surface area contributed by atoms with Crippen LogP contribution >= 0.6 is 0 Å². The van der Waals surface area contributed by atoms with Gasteiger partial charge in [-0.2, -0.15) is 5.26 Å². The normalized spacial score (nSPS) is 23.0. The number of carbonyl (C=O) groups is 2. The zero-order valence-corrected chi connectivity index (χ0v) is 36.6. The van der Waals surface area contributed by atoms with Crippen molar-refractivity contribution in [2.24, 2.45) is 16.5 Å². The van der Waals surface area contributed by atoms with E-state index >= 15 is 0 Å².